The van der Waals surface area contributed by atoms with Gasteiger partial charge in [0.25, 0.3) is 0 Å². The summed E-state index contributed by atoms with van der Waals surface area (Å²) < 4.78 is 0. The molecule has 2 aliphatic rings. The van der Waals surface area contributed by atoms with Crippen LogP contribution in [0.15, 0.2) is 36.4 Å². The molecular formula is C15H18ClN. The fourth-order valence-corrected chi connectivity index (χ4v) is 3.19. The molecule has 0 unspecified atom stereocenters. The van der Waals surface area contributed by atoms with Crippen LogP contribution in [0, 0.1) is 0 Å². The number of nitrogens with one attached hydrogen (secondary N) is 1. The van der Waals surface area contributed by atoms with E-state index in [2.05, 4.69) is 29.6 Å². The number of halogens is 1. The van der Waals surface area contributed by atoms with E-state index >= 15 is 0 Å². The molecule has 0 saturated heterocycles. The molecule has 2 aliphatic carbocycles. The van der Waals surface area contributed by atoms with Gasteiger partial charge in [-0.15, -0.1) is 0 Å². The second kappa shape index (κ2) is 4.83. The Bertz CT molecular complexity index is 413. The summed E-state index contributed by atoms with van der Waals surface area (Å²) in [6.45, 7) is 0. The molecule has 2 heteroatoms. The molecule has 1 aromatic carbocycles. The number of hydrogen-bond acceptors (Lipinski definition) is 1. The van der Waals surface area contributed by atoms with E-state index in [9.17, 15) is 0 Å². The van der Waals surface area contributed by atoms with Crippen LogP contribution in [-0.2, 0) is 0 Å². The second-order valence-electron chi connectivity index (χ2n) is 5.19. The van der Waals surface area contributed by atoms with Gasteiger partial charge >= 0.3 is 0 Å². The van der Waals surface area contributed by atoms with Crippen molar-refractivity contribution in [1.29, 1.82) is 0 Å². The molecule has 0 heterocycles. The highest BCUT2D eigenvalue weighted by Gasteiger charge is 2.32. The molecule has 0 amide bonds. The first-order chi connectivity index (χ1) is 8.33. The highest BCUT2D eigenvalue weighted by Crippen LogP contribution is 2.40. The minimum Gasteiger partial charge on any atom is -0.311 e. The standard InChI is InChI=1S/C15H18ClN/c16-15-8-4-3-7-14(15)11-9-13(10-11)17-12-5-1-2-6-12/h1-4,7-8,11-13,17H,5-6,9-10H2. The van der Waals surface area contributed by atoms with Gasteiger partial charge in [-0.3, -0.25) is 0 Å². The predicted molar refractivity (Wildman–Crippen MR) is 72.5 cm³/mol. The Kier molecular flexibility index (Phi) is 3.21. The van der Waals surface area contributed by atoms with Crippen LogP contribution in [0.3, 0.4) is 0 Å². The first kappa shape index (κ1) is 11.3. The minimum absolute atomic E-state index is 0.663. The Morgan fingerprint density at radius 2 is 1.71 bits per heavy atom. The summed E-state index contributed by atoms with van der Waals surface area (Å²) in [5.41, 5.74) is 1.33. The summed E-state index contributed by atoms with van der Waals surface area (Å²) in [5.74, 6) is 0.663. The van der Waals surface area contributed by atoms with E-state index in [1.807, 2.05) is 12.1 Å². The largest absolute Gasteiger partial charge is 0.311 e. The average Bonchev–Trinajstić information content (AvgIpc) is 2.77. The lowest BCUT2D eigenvalue weighted by Gasteiger charge is -2.38. The molecule has 3 rings (SSSR count). The van der Waals surface area contributed by atoms with Crippen molar-refractivity contribution >= 4 is 11.6 Å². The maximum Gasteiger partial charge on any atom is 0.0440 e. The molecule has 1 saturated carbocycles. The molecule has 0 aromatic heterocycles. The lowest BCUT2D eigenvalue weighted by atomic mass is 9.75. The molecule has 1 aromatic rings. The highest BCUT2D eigenvalue weighted by molar-refractivity contribution is 6.31. The number of hydrogen-bond donors (Lipinski definition) is 1. The van der Waals surface area contributed by atoms with E-state index in [0.29, 0.717) is 18.0 Å². The van der Waals surface area contributed by atoms with Crippen LogP contribution in [0.4, 0.5) is 0 Å². The van der Waals surface area contributed by atoms with Crippen LogP contribution in [0.25, 0.3) is 0 Å². The maximum atomic E-state index is 6.22. The van der Waals surface area contributed by atoms with Gasteiger partial charge in [-0.2, -0.15) is 0 Å². The molecule has 17 heavy (non-hydrogen) atoms. The van der Waals surface area contributed by atoms with Crippen molar-refractivity contribution in [2.45, 2.75) is 43.7 Å². The Hall–Kier alpha value is -0.790. The molecule has 1 fully saturated rings. The van der Waals surface area contributed by atoms with E-state index in [1.165, 1.54) is 31.2 Å². The SMILES string of the molecule is Clc1ccccc1C1CC(NC2CC=CC2)C1. The Morgan fingerprint density at radius 1 is 1.00 bits per heavy atom. The van der Waals surface area contributed by atoms with E-state index in [1.54, 1.807) is 0 Å². The van der Waals surface area contributed by atoms with Gasteiger partial charge in [0.15, 0.2) is 0 Å². The first-order valence-electron chi connectivity index (χ1n) is 6.48. The van der Waals surface area contributed by atoms with Crippen LogP contribution >= 0.6 is 11.6 Å². The van der Waals surface area contributed by atoms with Crippen molar-refractivity contribution in [3.05, 3.63) is 47.0 Å². The third-order valence-electron chi connectivity index (χ3n) is 3.96. The van der Waals surface area contributed by atoms with E-state index in [4.69, 9.17) is 11.6 Å². The van der Waals surface area contributed by atoms with Gasteiger partial charge in [0, 0.05) is 17.1 Å². The van der Waals surface area contributed by atoms with Crippen molar-refractivity contribution in [1.82, 2.24) is 5.32 Å². The predicted octanol–water partition coefficient (Wildman–Crippen LogP) is 3.89. The molecule has 0 spiro atoms. The number of rotatable bonds is 3. The van der Waals surface area contributed by atoms with Gasteiger partial charge in [0.1, 0.15) is 0 Å². The fraction of sp³-hybridized carbons (Fsp3) is 0.467. The van der Waals surface area contributed by atoms with Gasteiger partial charge in [-0.25, -0.2) is 0 Å². The van der Waals surface area contributed by atoms with Crippen LogP contribution in [0.1, 0.15) is 37.2 Å². The summed E-state index contributed by atoms with van der Waals surface area (Å²) in [4.78, 5) is 0. The van der Waals surface area contributed by atoms with Crippen molar-refractivity contribution in [3.63, 3.8) is 0 Å². The Labute approximate surface area is 108 Å². The third-order valence-corrected chi connectivity index (χ3v) is 4.31. The summed E-state index contributed by atoms with van der Waals surface area (Å²) in [7, 11) is 0. The third kappa shape index (κ3) is 2.41. The molecule has 0 atom stereocenters. The normalized spacial score (nSPS) is 28.3. The Balaban J connectivity index is 1.53. The molecule has 1 N–H and O–H groups in total. The molecule has 0 bridgehead atoms. The zero-order valence-corrected chi connectivity index (χ0v) is 10.7. The van der Waals surface area contributed by atoms with Crippen LogP contribution in [-0.4, -0.2) is 12.1 Å². The Morgan fingerprint density at radius 3 is 2.41 bits per heavy atom. The maximum absolute atomic E-state index is 6.22. The average molecular weight is 248 g/mol. The smallest absolute Gasteiger partial charge is 0.0440 e. The molecule has 1 nitrogen and oxygen atoms in total. The molecule has 90 valence electrons. The quantitative estimate of drug-likeness (QED) is 0.799. The minimum atomic E-state index is 0.663. The molecule has 0 aliphatic heterocycles. The van der Waals surface area contributed by atoms with E-state index in [-0.39, 0.29) is 0 Å². The topological polar surface area (TPSA) is 12.0 Å². The van der Waals surface area contributed by atoms with Gasteiger partial charge in [0.05, 0.1) is 0 Å². The summed E-state index contributed by atoms with van der Waals surface area (Å²) in [6.07, 6.45) is 9.44. The van der Waals surface area contributed by atoms with Gasteiger partial charge in [0.2, 0.25) is 0 Å². The van der Waals surface area contributed by atoms with E-state index in [0.717, 1.165) is 5.02 Å². The summed E-state index contributed by atoms with van der Waals surface area (Å²) >= 11 is 6.22. The monoisotopic (exact) mass is 247 g/mol. The van der Waals surface area contributed by atoms with Crippen molar-refractivity contribution in [2.24, 2.45) is 0 Å². The fourth-order valence-electron chi connectivity index (χ4n) is 2.90. The lowest BCUT2D eigenvalue weighted by molar-refractivity contribution is 0.267. The summed E-state index contributed by atoms with van der Waals surface area (Å²) in [6, 6.07) is 9.64. The molecule has 0 radical (unpaired) electrons. The highest BCUT2D eigenvalue weighted by atomic mass is 35.5. The van der Waals surface area contributed by atoms with E-state index < -0.39 is 0 Å². The van der Waals surface area contributed by atoms with Gasteiger partial charge < -0.3 is 5.32 Å². The van der Waals surface area contributed by atoms with Crippen LogP contribution < -0.4 is 5.32 Å². The zero-order chi connectivity index (χ0) is 11.7. The van der Waals surface area contributed by atoms with Crippen molar-refractivity contribution < 1.29 is 0 Å². The summed E-state index contributed by atoms with van der Waals surface area (Å²) in [5, 5.41) is 4.66. The van der Waals surface area contributed by atoms with Gasteiger partial charge in [-0.1, -0.05) is 42.0 Å². The van der Waals surface area contributed by atoms with Gasteiger partial charge in [-0.05, 0) is 43.2 Å². The zero-order valence-electron chi connectivity index (χ0n) is 9.90. The van der Waals surface area contributed by atoms with Crippen molar-refractivity contribution in [3.8, 4) is 0 Å². The van der Waals surface area contributed by atoms with Crippen LogP contribution in [0.5, 0.6) is 0 Å². The van der Waals surface area contributed by atoms with Crippen molar-refractivity contribution in [2.75, 3.05) is 0 Å². The second-order valence-corrected chi connectivity index (χ2v) is 5.60. The first-order valence-corrected chi connectivity index (χ1v) is 6.86. The lowest BCUT2D eigenvalue weighted by Crippen LogP contribution is -2.44. The number of benzene rings is 1. The van der Waals surface area contributed by atoms with Crippen LogP contribution in [0.2, 0.25) is 5.02 Å². The molecular weight excluding hydrogens is 230 g/mol.